The molecular weight excluding hydrogens is 336 g/mol. The van der Waals surface area contributed by atoms with Crippen LogP contribution in [-0.2, 0) is 15.1 Å². The van der Waals surface area contributed by atoms with Crippen molar-refractivity contribution in [1.29, 1.82) is 0 Å². The molecular formula is C19H32N2O3S. The molecule has 0 aliphatic carbocycles. The van der Waals surface area contributed by atoms with Crippen molar-refractivity contribution < 1.29 is 14.3 Å². The first-order valence-corrected chi connectivity index (χ1v) is 9.79. The van der Waals surface area contributed by atoms with E-state index in [1.165, 1.54) is 4.88 Å². The minimum absolute atomic E-state index is 0.196. The molecule has 25 heavy (non-hydrogen) atoms. The second-order valence-electron chi connectivity index (χ2n) is 8.43. The number of ether oxygens (including phenoxy) is 2. The summed E-state index contributed by atoms with van der Waals surface area (Å²) in [5, 5.41) is 1.10. The Balaban J connectivity index is 2.19. The maximum absolute atomic E-state index is 12.5. The van der Waals surface area contributed by atoms with Crippen LogP contribution in [0.4, 0.5) is 4.79 Å². The number of likely N-dealkylation sites (tertiary alicyclic amines) is 1. The lowest BCUT2D eigenvalue weighted by Gasteiger charge is -2.38. The Kier molecular flexibility index (Phi) is 5.84. The van der Waals surface area contributed by atoms with E-state index in [1.54, 1.807) is 18.4 Å². The molecule has 0 bridgehead atoms. The lowest BCUT2D eigenvalue weighted by Crippen LogP contribution is -2.47. The molecule has 1 aromatic heterocycles. The third kappa shape index (κ3) is 4.73. The number of methoxy groups -OCH3 is 1. The third-order valence-corrected chi connectivity index (χ3v) is 5.89. The van der Waals surface area contributed by atoms with E-state index in [0.717, 1.165) is 23.5 Å². The van der Waals surface area contributed by atoms with Gasteiger partial charge in [0, 0.05) is 30.5 Å². The van der Waals surface area contributed by atoms with Gasteiger partial charge in [0.1, 0.15) is 11.2 Å². The first-order valence-electron chi connectivity index (χ1n) is 8.97. The van der Waals surface area contributed by atoms with E-state index < -0.39 is 11.2 Å². The van der Waals surface area contributed by atoms with Crippen LogP contribution in [0, 0.1) is 6.92 Å². The SMILES string of the molecule is COC(C)(C)c1nc([C@@H]2CC[C@@H](C)N(C(=O)OC(C)(C)C)C2)sc1C. The Labute approximate surface area is 155 Å². The number of carbonyl (C=O) groups is 1. The quantitative estimate of drug-likeness (QED) is 0.766. The average Bonchev–Trinajstić information content (AvgIpc) is 2.88. The van der Waals surface area contributed by atoms with Gasteiger partial charge in [-0.15, -0.1) is 11.3 Å². The first kappa shape index (κ1) is 20.2. The zero-order chi connectivity index (χ0) is 19.0. The first-order chi connectivity index (χ1) is 11.4. The lowest BCUT2D eigenvalue weighted by atomic mass is 9.94. The van der Waals surface area contributed by atoms with Gasteiger partial charge in [-0.1, -0.05) is 0 Å². The number of aromatic nitrogens is 1. The van der Waals surface area contributed by atoms with E-state index in [-0.39, 0.29) is 18.1 Å². The molecule has 0 N–H and O–H groups in total. The largest absolute Gasteiger partial charge is 0.444 e. The summed E-state index contributed by atoms with van der Waals surface area (Å²) in [5.41, 5.74) is 0.125. The number of carbonyl (C=O) groups excluding carboxylic acids is 1. The highest BCUT2D eigenvalue weighted by atomic mass is 32.1. The van der Waals surface area contributed by atoms with Crippen LogP contribution in [0.15, 0.2) is 0 Å². The molecule has 6 heteroatoms. The molecule has 1 fully saturated rings. The smallest absolute Gasteiger partial charge is 0.410 e. The number of aryl methyl sites for hydroxylation is 1. The van der Waals surface area contributed by atoms with Crippen LogP contribution in [0.2, 0.25) is 0 Å². The summed E-state index contributed by atoms with van der Waals surface area (Å²) in [5.74, 6) is 0.258. The van der Waals surface area contributed by atoms with E-state index in [0.29, 0.717) is 6.54 Å². The number of nitrogens with zero attached hydrogens (tertiary/aromatic N) is 2. The number of piperidine rings is 1. The Bertz CT molecular complexity index is 619. The number of thiazole rings is 1. The topological polar surface area (TPSA) is 51.7 Å². The number of rotatable bonds is 3. The maximum atomic E-state index is 12.5. The summed E-state index contributed by atoms with van der Waals surface area (Å²) >= 11 is 1.72. The minimum Gasteiger partial charge on any atom is -0.444 e. The molecule has 1 aromatic rings. The van der Waals surface area contributed by atoms with Crippen LogP contribution in [0.5, 0.6) is 0 Å². The van der Waals surface area contributed by atoms with E-state index in [1.807, 2.05) is 39.5 Å². The summed E-state index contributed by atoms with van der Waals surface area (Å²) in [4.78, 5) is 20.5. The van der Waals surface area contributed by atoms with Crippen molar-refractivity contribution in [3.8, 4) is 0 Å². The molecule has 0 radical (unpaired) electrons. The van der Waals surface area contributed by atoms with Gasteiger partial charge in [-0.2, -0.15) is 0 Å². The van der Waals surface area contributed by atoms with E-state index >= 15 is 0 Å². The standard InChI is InChI=1S/C19H32N2O3S/c1-12-9-10-14(11-21(12)17(22)24-18(3,4)5)16-20-15(13(2)25-16)19(6,7)23-8/h12,14H,9-11H2,1-8H3/t12-,14-/m1/s1. The number of hydrogen-bond donors (Lipinski definition) is 0. The highest BCUT2D eigenvalue weighted by Gasteiger charge is 2.35. The van der Waals surface area contributed by atoms with Gasteiger partial charge < -0.3 is 14.4 Å². The average molecular weight is 369 g/mol. The summed E-state index contributed by atoms with van der Waals surface area (Å²) in [6.45, 7) is 14.6. The Morgan fingerprint density at radius 3 is 2.44 bits per heavy atom. The van der Waals surface area contributed by atoms with Crippen molar-refractivity contribution in [3.05, 3.63) is 15.6 Å². The normalized spacial score (nSPS) is 22.2. The molecule has 1 aliphatic rings. The van der Waals surface area contributed by atoms with Gasteiger partial charge in [-0.3, -0.25) is 0 Å². The van der Waals surface area contributed by atoms with Crippen molar-refractivity contribution in [2.24, 2.45) is 0 Å². The van der Waals surface area contributed by atoms with Crippen LogP contribution >= 0.6 is 11.3 Å². The van der Waals surface area contributed by atoms with Crippen molar-refractivity contribution in [1.82, 2.24) is 9.88 Å². The van der Waals surface area contributed by atoms with Gasteiger partial charge in [-0.25, -0.2) is 9.78 Å². The maximum Gasteiger partial charge on any atom is 0.410 e. The van der Waals surface area contributed by atoms with Gasteiger partial charge in [0.15, 0.2) is 0 Å². The Morgan fingerprint density at radius 2 is 1.88 bits per heavy atom. The van der Waals surface area contributed by atoms with Crippen LogP contribution < -0.4 is 0 Å². The molecule has 0 saturated carbocycles. The van der Waals surface area contributed by atoms with E-state index in [9.17, 15) is 4.79 Å². The summed E-state index contributed by atoms with van der Waals surface area (Å²) in [6.07, 6.45) is 1.78. The fourth-order valence-corrected chi connectivity index (χ4v) is 4.33. The van der Waals surface area contributed by atoms with Crippen molar-refractivity contribution in [2.75, 3.05) is 13.7 Å². The fraction of sp³-hybridized carbons (Fsp3) is 0.789. The molecule has 1 aliphatic heterocycles. The van der Waals surface area contributed by atoms with E-state index in [2.05, 4.69) is 13.8 Å². The molecule has 2 rings (SSSR count). The zero-order valence-corrected chi connectivity index (χ0v) is 17.6. The zero-order valence-electron chi connectivity index (χ0n) is 16.8. The molecule has 1 amide bonds. The number of hydrogen-bond acceptors (Lipinski definition) is 5. The van der Waals surface area contributed by atoms with Gasteiger partial charge in [0.05, 0.1) is 10.7 Å². The fourth-order valence-electron chi connectivity index (χ4n) is 3.13. The van der Waals surface area contributed by atoms with Crippen LogP contribution in [-0.4, -0.2) is 41.3 Å². The summed E-state index contributed by atoms with van der Waals surface area (Å²) in [7, 11) is 1.71. The van der Waals surface area contributed by atoms with Crippen molar-refractivity contribution in [2.45, 2.75) is 84.5 Å². The molecule has 1 saturated heterocycles. The highest BCUT2D eigenvalue weighted by molar-refractivity contribution is 7.11. The predicted molar refractivity (Wildman–Crippen MR) is 101 cm³/mol. The highest BCUT2D eigenvalue weighted by Crippen LogP contribution is 2.37. The van der Waals surface area contributed by atoms with Crippen LogP contribution in [0.1, 0.15) is 75.9 Å². The van der Waals surface area contributed by atoms with Crippen molar-refractivity contribution >= 4 is 17.4 Å². The molecule has 2 heterocycles. The number of amides is 1. The van der Waals surface area contributed by atoms with E-state index in [4.69, 9.17) is 14.5 Å². The molecule has 0 unspecified atom stereocenters. The molecule has 5 nitrogen and oxygen atoms in total. The summed E-state index contributed by atoms with van der Waals surface area (Å²) < 4.78 is 11.2. The molecule has 2 atom stereocenters. The summed E-state index contributed by atoms with van der Waals surface area (Å²) in [6, 6.07) is 0.196. The Morgan fingerprint density at radius 1 is 1.24 bits per heavy atom. The van der Waals surface area contributed by atoms with Gasteiger partial charge in [0.2, 0.25) is 0 Å². The van der Waals surface area contributed by atoms with Gasteiger partial charge in [-0.05, 0) is 61.3 Å². The molecule has 142 valence electrons. The second-order valence-corrected chi connectivity index (χ2v) is 9.66. The minimum atomic E-state index is -0.475. The second kappa shape index (κ2) is 7.23. The van der Waals surface area contributed by atoms with Crippen LogP contribution in [0.3, 0.4) is 0 Å². The third-order valence-electron chi connectivity index (χ3n) is 4.75. The predicted octanol–water partition coefficient (Wildman–Crippen LogP) is 4.84. The van der Waals surface area contributed by atoms with Gasteiger partial charge >= 0.3 is 6.09 Å². The molecule has 0 aromatic carbocycles. The lowest BCUT2D eigenvalue weighted by molar-refractivity contribution is 0.00898. The monoisotopic (exact) mass is 368 g/mol. The van der Waals surface area contributed by atoms with Crippen LogP contribution in [0.25, 0.3) is 0 Å². The Hall–Kier alpha value is -1.14. The molecule has 0 spiro atoms. The van der Waals surface area contributed by atoms with Gasteiger partial charge in [0.25, 0.3) is 0 Å². The van der Waals surface area contributed by atoms with Crippen molar-refractivity contribution in [3.63, 3.8) is 0 Å².